The first-order chi connectivity index (χ1) is 15.4. The number of aryl methyl sites for hydroxylation is 1. The largest absolute Gasteiger partial charge is 0.362 e. The van der Waals surface area contributed by atoms with E-state index in [9.17, 15) is 0 Å². The molecule has 3 N–H and O–H groups in total. The smallest absolute Gasteiger partial charge is 0.225 e. The van der Waals surface area contributed by atoms with Crippen LogP contribution in [0.3, 0.4) is 0 Å². The van der Waals surface area contributed by atoms with Crippen molar-refractivity contribution in [3.8, 4) is 0 Å². The molecule has 0 unspecified atom stereocenters. The number of aromatic nitrogens is 2. The molecule has 4 rings (SSSR count). The fourth-order valence-corrected chi connectivity index (χ4v) is 4.52. The Kier molecular flexibility index (Phi) is 6.96. The molecule has 0 amide bonds. The van der Waals surface area contributed by atoms with Gasteiger partial charge in [-0.05, 0) is 74.7 Å². The topological polar surface area (TPSA) is 65.1 Å². The SMILES string of the molecule is Cc1ccc(NC(=S)N[C@H]2CC[C@@H](Nc3nc(N(C)C)c4ccccc4n3)CC2)cc1Cl. The Bertz CT molecular complexity index is 1110. The van der Waals surface area contributed by atoms with Crippen molar-refractivity contribution in [1.29, 1.82) is 0 Å². The molecule has 0 spiro atoms. The third kappa shape index (κ3) is 5.40. The number of halogens is 1. The first-order valence-corrected chi connectivity index (χ1v) is 11.7. The average molecular weight is 469 g/mol. The molecule has 1 aliphatic carbocycles. The van der Waals surface area contributed by atoms with Gasteiger partial charge < -0.3 is 20.9 Å². The Morgan fingerprint density at radius 2 is 1.75 bits per heavy atom. The van der Waals surface area contributed by atoms with Crippen LogP contribution in [-0.4, -0.2) is 41.3 Å². The van der Waals surface area contributed by atoms with E-state index < -0.39 is 0 Å². The van der Waals surface area contributed by atoms with Crippen molar-refractivity contribution in [1.82, 2.24) is 15.3 Å². The molecule has 6 nitrogen and oxygen atoms in total. The van der Waals surface area contributed by atoms with Gasteiger partial charge in [-0.3, -0.25) is 0 Å². The molecule has 1 saturated carbocycles. The number of hydrogen-bond acceptors (Lipinski definition) is 5. The van der Waals surface area contributed by atoms with E-state index in [1.807, 2.05) is 62.3 Å². The fraction of sp³-hybridized carbons (Fsp3) is 0.375. The van der Waals surface area contributed by atoms with Gasteiger partial charge in [-0.15, -0.1) is 0 Å². The molecule has 1 fully saturated rings. The van der Waals surface area contributed by atoms with Crippen molar-refractivity contribution in [3.05, 3.63) is 53.1 Å². The van der Waals surface area contributed by atoms with Crippen LogP contribution in [0, 0.1) is 6.92 Å². The van der Waals surface area contributed by atoms with Gasteiger partial charge in [-0.1, -0.05) is 29.8 Å². The zero-order chi connectivity index (χ0) is 22.7. The molecule has 0 bridgehead atoms. The van der Waals surface area contributed by atoms with Crippen LogP contribution in [-0.2, 0) is 0 Å². The molecule has 0 aliphatic heterocycles. The van der Waals surface area contributed by atoms with Crippen molar-refractivity contribution >= 4 is 57.3 Å². The van der Waals surface area contributed by atoms with Crippen molar-refractivity contribution in [3.63, 3.8) is 0 Å². The van der Waals surface area contributed by atoms with Crippen molar-refractivity contribution in [2.24, 2.45) is 0 Å². The number of rotatable bonds is 5. The summed E-state index contributed by atoms with van der Waals surface area (Å²) in [5.74, 6) is 1.62. The van der Waals surface area contributed by atoms with Crippen LogP contribution in [0.2, 0.25) is 5.02 Å². The van der Waals surface area contributed by atoms with Crippen molar-refractivity contribution in [2.45, 2.75) is 44.7 Å². The third-order valence-electron chi connectivity index (χ3n) is 5.83. The van der Waals surface area contributed by atoms with Crippen LogP contribution in [0.5, 0.6) is 0 Å². The van der Waals surface area contributed by atoms with E-state index in [2.05, 4.69) is 22.0 Å². The summed E-state index contributed by atoms with van der Waals surface area (Å²) in [4.78, 5) is 11.5. The number of nitrogens with one attached hydrogen (secondary N) is 3. The maximum absolute atomic E-state index is 6.21. The van der Waals surface area contributed by atoms with E-state index in [0.29, 0.717) is 23.1 Å². The first-order valence-electron chi connectivity index (χ1n) is 10.9. The highest BCUT2D eigenvalue weighted by atomic mass is 35.5. The fourth-order valence-electron chi connectivity index (χ4n) is 4.05. The number of benzene rings is 2. The number of fused-ring (bicyclic) bond motifs is 1. The molecule has 0 radical (unpaired) electrons. The van der Waals surface area contributed by atoms with Gasteiger partial charge in [0.15, 0.2) is 5.11 Å². The zero-order valence-corrected chi connectivity index (χ0v) is 20.2. The quantitative estimate of drug-likeness (QED) is 0.435. The van der Waals surface area contributed by atoms with Crippen molar-refractivity contribution in [2.75, 3.05) is 29.6 Å². The van der Waals surface area contributed by atoms with Gasteiger partial charge in [0.2, 0.25) is 5.95 Å². The number of thiocarbonyl (C=S) groups is 1. The molecule has 0 atom stereocenters. The van der Waals surface area contributed by atoms with E-state index in [1.165, 1.54) is 0 Å². The Labute approximate surface area is 199 Å². The lowest BCUT2D eigenvalue weighted by atomic mass is 9.91. The molecule has 2 aromatic carbocycles. The minimum atomic E-state index is 0.349. The zero-order valence-electron chi connectivity index (χ0n) is 18.7. The second-order valence-corrected chi connectivity index (χ2v) is 9.35. The summed E-state index contributed by atoms with van der Waals surface area (Å²) in [5, 5.41) is 12.7. The first kappa shape index (κ1) is 22.6. The molecular formula is C24H29ClN6S. The highest BCUT2D eigenvalue weighted by Crippen LogP contribution is 2.26. The summed E-state index contributed by atoms with van der Waals surface area (Å²) in [6.45, 7) is 1.99. The van der Waals surface area contributed by atoms with E-state index in [1.54, 1.807) is 0 Å². The van der Waals surface area contributed by atoms with Crippen LogP contribution in [0.1, 0.15) is 31.2 Å². The molecule has 0 saturated heterocycles. The number of para-hydroxylation sites is 1. The highest BCUT2D eigenvalue weighted by Gasteiger charge is 2.23. The van der Waals surface area contributed by atoms with Gasteiger partial charge in [0.1, 0.15) is 5.82 Å². The van der Waals surface area contributed by atoms with Crippen LogP contribution in [0.15, 0.2) is 42.5 Å². The summed E-state index contributed by atoms with van der Waals surface area (Å²) in [5.41, 5.74) is 2.91. The van der Waals surface area contributed by atoms with E-state index >= 15 is 0 Å². The molecule has 8 heteroatoms. The van der Waals surface area contributed by atoms with Crippen LogP contribution in [0.25, 0.3) is 10.9 Å². The predicted octanol–water partition coefficient (Wildman–Crippen LogP) is 5.37. The van der Waals surface area contributed by atoms with Crippen LogP contribution >= 0.6 is 23.8 Å². The molecule has 168 valence electrons. The van der Waals surface area contributed by atoms with Gasteiger partial charge in [0.05, 0.1) is 5.52 Å². The molecule has 1 aliphatic rings. The minimum Gasteiger partial charge on any atom is -0.362 e. The van der Waals surface area contributed by atoms with Gasteiger partial charge in [0.25, 0.3) is 0 Å². The summed E-state index contributed by atoms with van der Waals surface area (Å²) in [7, 11) is 4.02. The van der Waals surface area contributed by atoms with E-state index in [-0.39, 0.29) is 0 Å². The van der Waals surface area contributed by atoms with Crippen LogP contribution in [0.4, 0.5) is 17.5 Å². The van der Waals surface area contributed by atoms with E-state index in [0.717, 1.165) is 58.7 Å². The normalized spacial score (nSPS) is 18.2. The monoisotopic (exact) mass is 468 g/mol. The standard InChI is InChI=1S/C24H29ClN6S/c1-15-8-9-18(14-20(15)25)28-24(32)27-17-12-10-16(11-13-17)26-23-29-21-7-5-4-6-19(21)22(30-23)31(2)3/h4-9,14,16-17H,10-13H2,1-3H3,(H,26,29,30)(H2,27,28,32)/t16-,17+. The molecule has 32 heavy (non-hydrogen) atoms. The highest BCUT2D eigenvalue weighted by molar-refractivity contribution is 7.80. The third-order valence-corrected chi connectivity index (χ3v) is 6.46. The Morgan fingerprint density at radius 1 is 1.03 bits per heavy atom. The maximum Gasteiger partial charge on any atom is 0.225 e. The van der Waals surface area contributed by atoms with Gasteiger partial charge >= 0.3 is 0 Å². The van der Waals surface area contributed by atoms with Gasteiger partial charge in [-0.2, -0.15) is 4.98 Å². The maximum atomic E-state index is 6.21. The summed E-state index contributed by atoms with van der Waals surface area (Å²) >= 11 is 11.7. The molecule has 3 aromatic rings. The summed E-state index contributed by atoms with van der Waals surface area (Å²) < 4.78 is 0. The second kappa shape index (κ2) is 9.88. The number of nitrogens with zero attached hydrogens (tertiary/aromatic N) is 3. The summed E-state index contributed by atoms with van der Waals surface area (Å²) in [6.07, 6.45) is 4.12. The lowest BCUT2D eigenvalue weighted by Gasteiger charge is -2.30. The minimum absolute atomic E-state index is 0.349. The molecule has 1 aromatic heterocycles. The Morgan fingerprint density at radius 3 is 2.47 bits per heavy atom. The average Bonchev–Trinajstić information content (AvgIpc) is 2.77. The van der Waals surface area contributed by atoms with Crippen LogP contribution < -0.4 is 20.9 Å². The van der Waals surface area contributed by atoms with Gasteiger partial charge in [-0.25, -0.2) is 4.98 Å². The lowest BCUT2D eigenvalue weighted by Crippen LogP contribution is -2.42. The number of anilines is 3. The molecule has 1 heterocycles. The summed E-state index contributed by atoms with van der Waals surface area (Å²) in [6, 6.07) is 14.7. The van der Waals surface area contributed by atoms with Crippen molar-refractivity contribution < 1.29 is 0 Å². The Balaban J connectivity index is 1.32. The second-order valence-electron chi connectivity index (χ2n) is 8.54. The number of hydrogen-bond donors (Lipinski definition) is 3. The lowest BCUT2D eigenvalue weighted by molar-refractivity contribution is 0.387. The predicted molar refractivity (Wildman–Crippen MR) is 139 cm³/mol. The molecular weight excluding hydrogens is 440 g/mol. The Hall–Kier alpha value is -2.64. The van der Waals surface area contributed by atoms with E-state index in [4.69, 9.17) is 33.8 Å². The van der Waals surface area contributed by atoms with Gasteiger partial charge in [0, 0.05) is 42.3 Å².